The van der Waals surface area contributed by atoms with Gasteiger partial charge >= 0.3 is 0 Å². The third-order valence-corrected chi connectivity index (χ3v) is 2.34. The van der Waals surface area contributed by atoms with Crippen LogP contribution in [-0.2, 0) is 11.3 Å². The minimum atomic E-state index is -0.00181. The van der Waals surface area contributed by atoms with Gasteiger partial charge in [-0.05, 0) is 12.1 Å². The molecule has 14 heavy (non-hydrogen) atoms. The lowest BCUT2D eigenvalue weighted by molar-refractivity contribution is 0.122. The van der Waals surface area contributed by atoms with Crippen LogP contribution < -0.4 is 4.90 Å². The van der Waals surface area contributed by atoms with Crippen LogP contribution in [0.25, 0.3) is 0 Å². The summed E-state index contributed by atoms with van der Waals surface area (Å²) < 4.78 is 5.27. The van der Waals surface area contributed by atoms with E-state index in [0.717, 1.165) is 32.0 Å². The fourth-order valence-corrected chi connectivity index (χ4v) is 1.57. The molecule has 2 rings (SSSR count). The zero-order valence-electron chi connectivity index (χ0n) is 8.02. The minimum absolute atomic E-state index is 0.00181. The number of rotatable bonds is 2. The SMILES string of the molecule is OCc1cc(N2CCOCC2)ccn1. The summed E-state index contributed by atoms with van der Waals surface area (Å²) in [4.78, 5) is 6.29. The molecule has 4 heteroatoms. The Morgan fingerprint density at radius 3 is 2.93 bits per heavy atom. The van der Waals surface area contributed by atoms with Crippen molar-refractivity contribution in [3.05, 3.63) is 24.0 Å². The number of anilines is 1. The number of aliphatic hydroxyl groups excluding tert-OH is 1. The van der Waals surface area contributed by atoms with E-state index < -0.39 is 0 Å². The topological polar surface area (TPSA) is 45.6 Å². The maximum atomic E-state index is 8.95. The first-order chi connectivity index (χ1) is 6.90. The van der Waals surface area contributed by atoms with E-state index in [-0.39, 0.29) is 6.61 Å². The smallest absolute Gasteiger partial charge is 0.0853 e. The number of aromatic nitrogens is 1. The Kier molecular flexibility index (Phi) is 2.96. The quantitative estimate of drug-likeness (QED) is 0.740. The summed E-state index contributed by atoms with van der Waals surface area (Å²) in [7, 11) is 0. The van der Waals surface area contributed by atoms with Crippen molar-refractivity contribution in [3.8, 4) is 0 Å². The normalized spacial score (nSPS) is 17.1. The van der Waals surface area contributed by atoms with Crippen LogP contribution in [0.4, 0.5) is 5.69 Å². The van der Waals surface area contributed by atoms with E-state index in [4.69, 9.17) is 9.84 Å². The molecule has 0 spiro atoms. The lowest BCUT2D eigenvalue weighted by Gasteiger charge is -2.28. The summed E-state index contributed by atoms with van der Waals surface area (Å²) in [5.41, 5.74) is 1.83. The molecule has 0 atom stereocenters. The van der Waals surface area contributed by atoms with Gasteiger partial charge in [-0.1, -0.05) is 0 Å². The van der Waals surface area contributed by atoms with Gasteiger partial charge in [0.25, 0.3) is 0 Å². The van der Waals surface area contributed by atoms with Crippen LogP contribution in [0.3, 0.4) is 0 Å². The zero-order chi connectivity index (χ0) is 9.80. The molecule has 0 aliphatic carbocycles. The molecule has 0 bridgehead atoms. The fourth-order valence-electron chi connectivity index (χ4n) is 1.57. The third kappa shape index (κ3) is 2.02. The molecule has 4 nitrogen and oxygen atoms in total. The second-order valence-corrected chi connectivity index (χ2v) is 3.26. The van der Waals surface area contributed by atoms with Gasteiger partial charge in [0, 0.05) is 25.0 Å². The van der Waals surface area contributed by atoms with E-state index in [9.17, 15) is 0 Å². The average molecular weight is 194 g/mol. The highest BCUT2D eigenvalue weighted by Gasteiger charge is 2.11. The lowest BCUT2D eigenvalue weighted by Crippen LogP contribution is -2.36. The van der Waals surface area contributed by atoms with E-state index in [0.29, 0.717) is 5.69 Å². The van der Waals surface area contributed by atoms with Crippen molar-refractivity contribution in [1.29, 1.82) is 0 Å². The van der Waals surface area contributed by atoms with Gasteiger partial charge in [0.2, 0.25) is 0 Å². The van der Waals surface area contributed by atoms with Crippen LogP contribution in [-0.4, -0.2) is 36.4 Å². The Balaban J connectivity index is 2.13. The van der Waals surface area contributed by atoms with Crippen LogP contribution >= 0.6 is 0 Å². The molecule has 0 radical (unpaired) electrons. The van der Waals surface area contributed by atoms with Crippen molar-refractivity contribution in [2.45, 2.75) is 6.61 Å². The van der Waals surface area contributed by atoms with E-state index in [1.165, 1.54) is 0 Å². The summed E-state index contributed by atoms with van der Waals surface area (Å²) in [6.45, 7) is 3.37. The second kappa shape index (κ2) is 4.39. The second-order valence-electron chi connectivity index (χ2n) is 3.26. The first-order valence-corrected chi connectivity index (χ1v) is 4.78. The minimum Gasteiger partial charge on any atom is -0.390 e. The monoisotopic (exact) mass is 194 g/mol. The molecule has 1 aromatic heterocycles. The fraction of sp³-hybridized carbons (Fsp3) is 0.500. The summed E-state index contributed by atoms with van der Waals surface area (Å²) in [5.74, 6) is 0. The molecular formula is C10H14N2O2. The molecular weight excluding hydrogens is 180 g/mol. The molecule has 1 N–H and O–H groups in total. The van der Waals surface area contributed by atoms with E-state index in [1.807, 2.05) is 12.1 Å². The van der Waals surface area contributed by atoms with Crippen molar-refractivity contribution in [2.75, 3.05) is 31.2 Å². The molecule has 1 aliphatic heterocycles. The molecule has 0 saturated carbocycles. The van der Waals surface area contributed by atoms with Gasteiger partial charge in [0.1, 0.15) is 0 Å². The Hall–Kier alpha value is -1.13. The van der Waals surface area contributed by atoms with Gasteiger partial charge in [-0.3, -0.25) is 4.98 Å². The summed E-state index contributed by atoms with van der Waals surface area (Å²) in [6, 6.07) is 3.88. The highest BCUT2D eigenvalue weighted by Crippen LogP contribution is 2.15. The Morgan fingerprint density at radius 2 is 2.21 bits per heavy atom. The van der Waals surface area contributed by atoms with Crippen LogP contribution in [0.1, 0.15) is 5.69 Å². The average Bonchev–Trinajstić information content (AvgIpc) is 2.30. The molecule has 76 valence electrons. The number of aliphatic hydroxyl groups is 1. The van der Waals surface area contributed by atoms with Crippen molar-refractivity contribution in [2.24, 2.45) is 0 Å². The zero-order valence-corrected chi connectivity index (χ0v) is 8.02. The van der Waals surface area contributed by atoms with Crippen molar-refractivity contribution >= 4 is 5.69 Å². The van der Waals surface area contributed by atoms with E-state index >= 15 is 0 Å². The molecule has 0 unspecified atom stereocenters. The molecule has 2 heterocycles. The van der Waals surface area contributed by atoms with E-state index in [1.54, 1.807) is 6.20 Å². The van der Waals surface area contributed by atoms with Gasteiger partial charge in [-0.2, -0.15) is 0 Å². The number of hydrogen-bond acceptors (Lipinski definition) is 4. The standard InChI is InChI=1S/C10H14N2O2/c13-8-9-7-10(1-2-11-9)12-3-5-14-6-4-12/h1-2,7,13H,3-6,8H2. The lowest BCUT2D eigenvalue weighted by atomic mass is 10.3. The Bertz CT molecular complexity index is 298. The predicted molar refractivity (Wildman–Crippen MR) is 53.2 cm³/mol. The van der Waals surface area contributed by atoms with Crippen LogP contribution in [0.5, 0.6) is 0 Å². The van der Waals surface area contributed by atoms with Crippen molar-refractivity contribution in [3.63, 3.8) is 0 Å². The van der Waals surface area contributed by atoms with Gasteiger partial charge in [-0.15, -0.1) is 0 Å². The largest absolute Gasteiger partial charge is 0.390 e. The predicted octanol–water partition coefficient (Wildman–Crippen LogP) is 0.411. The molecule has 1 fully saturated rings. The first kappa shape index (κ1) is 9.43. The maximum absolute atomic E-state index is 8.95. The van der Waals surface area contributed by atoms with Gasteiger partial charge < -0.3 is 14.7 Å². The number of pyridine rings is 1. The molecule has 1 saturated heterocycles. The maximum Gasteiger partial charge on any atom is 0.0853 e. The van der Waals surface area contributed by atoms with Gasteiger partial charge in [0.05, 0.1) is 25.5 Å². The molecule has 1 aromatic rings. The highest BCUT2D eigenvalue weighted by molar-refractivity contribution is 5.46. The Labute approximate surface area is 83.1 Å². The first-order valence-electron chi connectivity index (χ1n) is 4.78. The summed E-state index contributed by atoms with van der Waals surface area (Å²) >= 11 is 0. The van der Waals surface area contributed by atoms with Gasteiger partial charge in [-0.25, -0.2) is 0 Å². The molecule has 1 aliphatic rings. The van der Waals surface area contributed by atoms with Crippen molar-refractivity contribution in [1.82, 2.24) is 4.98 Å². The van der Waals surface area contributed by atoms with Crippen LogP contribution in [0, 0.1) is 0 Å². The number of hydrogen-bond donors (Lipinski definition) is 1. The number of nitrogens with zero attached hydrogens (tertiary/aromatic N) is 2. The summed E-state index contributed by atoms with van der Waals surface area (Å²) in [6.07, 6.45) is 1.73. The van der Waals surface area contributed by atoms with Crippen LogP contribution in [0.15, 0.2) is 18.3 Å². The highest BCUT2D eigenvalue weighted by atomic mass is 16.5. The Morgan fingerprint density at radius 1 is 1.43 bits per heavy atom. The molecule has 0 amide bonds. The number of morpholine rings is 1. The van der Waals surface area contributed by atoms with E-state index in [2.05, 4.69) is 9.88 Å². The number of ether oxygens (including phenoxy) is 1. The summed E-state index contributed by atoms with van der Waals surface area (Å²) in [5, 5.41) is 8.95. The third-order valence-electron chi connectivity index (χ3n) is 2.34. The molecule has 0 aromatic carbocycles. The van der Waals surface area contributed by atoms with Crippen LogP contribution in [0.2, 0.25) is 0 Å². The van der Waals surface area contributed by atoms with Crippen molar-refractivity contribution < 1.29 is 9.84 Å². The van der Waals surface area contributed by atoms with Gasteiger partial charge in [0.15, 0.2) is 0 Å².